The fourth-order valence-corrected chi connectivity index (χ4v) is 2.57. The summed E-state index contributed by atoms with van der Waals surface area (Å²) in [6.45, 7) is 1.40. The van der Waals surface area contributed by atoms with Crippen molar-refractivity contribution in [3.63, 3.8) is 0 Å². The molecule has 106 valence electrons. The first-order valence-electron chi connectivity index (χ1n) is 6.43. The number of nitrogens with zero attached hydrogens (tertiary/aromatic N) is 4. The number of methoxy groups -OCH3 is 1. The van der Waals surface area contributed by atoms with E-state index in [-0.39, 0.29) is 0 Å². The van der Waals surface area contributed by atoms with E-state index in [0.29, 0.717) is 41.4 Å². The quantitative estimate of drug-likeness (QED) is 0.678. The number of ether oxygens (including phenoxy) is 1. The molecular weight excluding hydrogens is 292 g/mol. The average molecular weight is 303 g/mol. The lowest BCUT2D eigenvalue weighted by Crippen LogP contribution is -2.14. The number of rotatable bonds is 2. The first-order chi connectivity index (χ1) is 10.2. The number of hydrogen-bond donors (Lipinski definition) is 0. The topological polar surface area (TPSA) is 64.3 Å². The van der Waals surface area contributed by atoms with Gasteiger partial charge in [-0.05, 0) is 23.3 Å². The van der Waals surface area contributed by atoms with Gasteiger partial charge in [-0.15, -0.1) is 0 Å². The van der Waals surface area contributed by atoms with E-state index < -0.39 is 0 Å². The minimum atomic E-state index is 0.404. The van der Waals surface area contributed by atoms with Crippen molar-refractivity contribution < 1.29 is 9.15 Å². The van der Waals surface area contributed by atoms with Crippen LogP contribution in [-0.2, 0) is 13.1 Å². The summed E-state index contributed by atoms with van der Waals surface area (Å²) in [6.07, 6.45) is 1.83. The highest BCUT2D eigenvalue weighted by Gasteiger charge is 2.24. The number of oxazole rings is 1. The fraction of sp³-hybridized carbons (Fsp3) is 0.214. The van der Waals surface area contributed by atoms with E-state index in [2.05, 4.69) is 15.0 Å². The molecule has 3 aromatic heterocycles. The van der Waals surface area contributed by atoms with E-state index in [1.807, 2.05) is 17.2 Å². The van der Waals surface area contributed by atoms with E-state index in [0.717, 1.165) is 11.1 Å². The van der Waals surface area contributed by atoms with Crippen molar-refractivity contribution in [1.82, 2.24) is 15.0 Å². The van der Waals surface area contributed by atoms with E-state index >= 15 is 0 Å². The van der Waals surface area contributed by atoms with Crippen molar-refractivity contribution in [1.29, 1.82) is 0 Å². The Morgan fingerprint density at radius 2 is 2.10 bits per heavy atom. The van der Waals surface area contributed by atoms with Crippen LogP contribution in [0.1, 0.15) is 11.1 Å². The average Bonchev–Trinajstić information content (AvgIpc) is 3.08. The molecule has 0 fully saturated rings. The summed E-state index contributed by atoms with van der Waals surface area (Å²) in [5.41, 5.74) is 3.45. The smallest absolute Gasteiger partial charge is 0.300 e. The Morgan fingerprint density at radius 3 is 2.95 bits per heavy atom. The lowest BCUT2D eigenvalue weighted by Gasteiger charge is -2.10. The number of anilines is 1. The first-order valence-corrected chi connectivity index (χ1v) is 6.80. The summed E-state index contributed by atoms with van der Waals surface area (Å²) in [7, 11) is 1.61. The Morgan fingerprint density at radius 1 is 1.24 bits per heavy atom. The van der Waals surface area contributed by atoms with Crippen molar-refractivity contribution in [3.05, 3.63) is 40.7 Å². The van der Waals surface area contributed by atoms with Gasteiger partial charge in [-0.3, -0.25) is 0 Å². The molecule has 0 spiro atoms. The SMILES string of the molecule is COc1cc2c(cn1)CN(c1nc3nc(Cl)ccc3o1)C2. The van der Waals surface area contributed by atoms with Crippen molar-refractivity contribution in [2.75, 3.05) is 12.0 Å². The maximum atomic E-state index is 5.87. The second-order valence-corrected chi connectivity index (χ2v) is 5.19. The third-order valence-corrected chi connectivity index (χ3v) is 3.68. The zero-order valence-electron chi connectivity index (χ0n) is 11.2. The van der Waals surface area contributed by atoms with Crippen molar-refractivity contribution in [2.45, 2.75) is 13.1 Å². The van der Waals surface area contributed by atoms with Crippen LogP contribution in [0, 0.1) is 0 Å². The Hall–Kier alpha value is -2.34. The van der Waals surface area contributed by atoms with Crippen LogP contribution < -0.4 is 9.64 Å². The van der Waals surface area contributed by atoms with E-state index in [9.17, 15) is 0 Å². The van der Waals surface area contributed by atoms with Crippen LogP contribution in [0.2, 0.25) is 5.15 Å². The Labute approximate surface area is 125 Å². The van der Waals surface area contributed by atoms with Crippen LogP contribution in [0.5, 0.6) is 5.88 Å². The molecule has 0 amide bonds. The van der Waals surface area contributed by atoms with Gasteiger partial charge in [0.15, 0.2) is 5.58 Å². The highest BCUT2D eigenvalue weighted by Crippen LogP contribution is 2.30. The van der Waals surface area contributed by atoms with Crippen LogP contribution in [0.25, 0.3) is 11.2 Å². The zero-order chi connectivity index (χ0) is 14.4. The van der Waals surface area contributed by atoms with E-state index in [1.165, 1.54) is 0 Å². The van der Waals surface area contributed by atoms with Gasteiger partial charge in [0.25, 0.3) is 0 Å². The molecule has 0 saturated heterocycles. The van der Waals surface area contributed by atoms with Gasteiger partial charge in [0, 0.05) is 25.4 Å². The molecule has 0 unspecified atom stereocenters. The molecule has 7 heteroatoms. The molecule has 0 aliphatic carbocycles. The second-order valence-electron chi connectivity index (χ2n) is 4.80. The van der Waals surface area contributed by atoms with Gasteiger partial charge in [0.2, 0.25) is 11.5 Å². The highest BCUT2D eigenvalue weighted by molar-refractivity contribution is 6.29. The summed E-state index contributed by atoms with van der Waals surface area (Å²) in [4.78, 5) is 14.8. The Bertz CT molecular complexity index is 833. The molecule has 1 aliphatic rings. The van der Waals surface area contributed by atoms with Gasteiger partial charge < -0.3 is 14.1 Å². The molecule has 21 heavy (non-hydrogen) atoms. The molecule has 6 nitrogen and oxygen atoms in total. The number of hydrogen-bond acceptors (Lipinski definition) is 6. The summed E-state index contributed by atoms with van der Waals surface area (Å²) in [6, 6.07) is 5.93. The van der Waals surface area contributed by atoms with Gasteiger partial charge >= 0.3 is 6.01 Å². The largest absolute Gasteiger partial charge is 0.481 e. The monoisotopic (exact) mass is 302 g/mol. The Kier molecular flexibility index (Phi) is 2.71. The summed E-state index contributed by atoms with van der Waals surface area (Å²) in [5.74, 6) is 0.613. The van der Waals surface area contributed by atoms with E-state index in [4.69, 9.17) is 20.8 Å². The summed E-state index contributed by atoms with van der Waals surface area (Å²) < 4.78 is 10.9. The number of aromatic nitrogens is 3. The van der Waals surface area contributed by atoms with Crippen molar-refractivity contribution in [3.8, 4) is 5.88 Å². The minimum Gasteiger partial charge on any atom is -0.481 e. The number of pyridine rings is 2. The summed E-state index contributed by atoms with van der Waals surface area (Å²) in [5, 5.41) is 0.404. The molecule has 3 aromatic rings. The third-order valence-electron chi connectivity index (χ3n) is 3.47. The second kappa shape index (κ2) is 4.60. The molecule has 0 radical (unpaired) electrons. The van der Waals surface area contributed by atoms with E-state index in [1.54, 1.807) is 19.2 Å². The number of halogens is 1. The fourth-order valence-electron chi connectivity index (χ4n) is 2.43. The van der Waals surface area contributed by atoms with Crippen LogP contribution in [0.4, 0.5) is 6.01 Å². The van der Waals surface area contributed by atoms with Crippen LogP contribution >= 0.6 is 11.6 Å². The normalized spacial score (nSPS) is 13.7. The molecular formula is C14H11ClN4O2. The van der Waals surface area contributed by atoms with Crippen LogP contribution in [0.3, 0.4) is 0 Å². The van der Waals surface area contributed by atoms with Crippen LogP contribution in [0.15, 0.2) is 28.8 Å². The zero-order valence-corrected chi connectivity index (χ0v) is 12.0. The molecule has 0 aromatic carbocycles. The molecule has 0 bridgehead atoms. The van der Waals surface area contributed by atoms with Gasteiger partial charge in [-0.1, -0.05) is 11.6 Å². The highest BCUT2D eigenvalue weighted by atomic mass is 35.5. The molecule has 1 aliphatic heterocycles. The van der Waals surface area contributed by atoms with Gasteiger partial charge in [-0.2, -0.15) is 4.98 Å². The predicted octanol–water partition coefficient (Wildman–Crippen LogP) is 2.80. The lowest BCUT2D eigenvalue weighted by atomic mass is 10.2. The molecule has 0 N–H and O–H groups in total. The molecule has 4 heterocycles. The maximum Gasteiger partial charge on any atom is 0.300 e. The van der Waals surface area contributed by atoms with Crippen LogP contribution in [-0.4, -0.2) is 22.1 Å². The van der Waals surface area contributed by atoms with Gasteiger partial charge in [0.1, 0.15) is 5.15 Å². The third kappa shape index (κ3) is 2.08. The van der Waals surface area contributed by atoms with Crippen molar-refractivity contribution in [2.24, 2.45) is 0 Å². The van der Waals surface area contributed by atoms with Gasteiger partial charge in [0.05, 0.1) is 7.11 Å². The van der Waals surface area contributed by atoms with Gasteiger partial charge in [-0.25, -0.2) is 9.97 Å². The summed E-state index contributed by atoms with van der Waals surface area (Å²) >= 11 is 5.87. The lowest BCUT2D eigenvalue weighted by molar-refractivity contribution is 0.397. The standard InChI is InChI=1S/C14H11ClN4O2/c1-20-12-4-8-6-19(7-9(8)5-16-12)14-18-13-10(21-14)2-3-11(15)17-13/h2-5H,6-7H2,1H3. The first kappa shape index (κ1) is 12.4. The minimum absolute atomic E-state index is 0.404. The molecule has 0 atom stereocenters. The number of fused-ring (bicyclic) bond motifs is 2. The molecule has 4 rings (SSSR count). The predicted molar refractivity (Wildman–Crippen MR) is 77.5 cm³/mol. The molecule has 0 saturated carbocycles. The maximum absolute atomic E-state index is 5.87. The van der Waals surface area contributed by atoms with Crippen molar-refractivity contribution >= 4 is 28.8 Å². The Balaban J connectivity index is 1.68.